The number of nitrogens with zero attached hydrogens (tertiary/aromatic N) is 2. The van der Waals surface area contributed by atoms with Gasteiger partial charge in [0, 0.05) is 30.2 Å². The molecule has 1 aromatic heterocycles. The molecule has 0 fully saturated rings. The first-order chi connectivity index (χ1) is 15.1. The molecule has 31 heavy (non-hydrogen) atoms. The van der Waals surface area contributed by atoms with Crippen molar-refractivity contribution >= 4 is 28.8 Å². The summed E-state index contributed by atoms with van der Waals surface area (Å²) in [5, 5.41) is 0.474. The van der Waals surface area contributed by atoms with Gasteiger partial charge in [-0.05, 0) is 43.7 Å². The Morgan fingerprint density at radius 3 is 2.87 bits per heavy atom. The highest BCUT2D eigenvalue weighted by atomic mass is 16.5. The molecule has 0 bridgehead atoms. The summed E-state index contributed by atoms with van der Waals surface area (Å²) in [6.07, 6.45) is 4.56. The number of hydrazine groups is 1. The number of fused-ring (bicyclic) bond motifs is 2. The lowest BCUT2D eigenvalue weighted by Crippen LogP contribution is -2.40. The second-order valence-electron chi connectivity index (χ2n) is 7.07. The van der Waals surface area contributed by atoms with Crippen molar-refractivity contribution in [2.24, 2.45) is 0 Å². The second kappa shape index (κ2) is 8.83. The average molecular weight is 418 g/mol. The zero-order chi connectivity index (χ0) is 21.8. The number of para-hydroxylation sites is 1. The fraction of sp³-hybridized carbons (Fsp3) is 0.217. The van der Waals surface area contributed by atoms with E-state index >= 15 is 0 Å². The predicted octanol–water partition coefficient (Wildman–Crippen LogP) is 2.22. The lowest BCUT2D eigenvalue weighted by Gasteiger charge is -2.08. The number of aryl methyl sites for hydroxylation is 1. The first-order valence-corrected chi connectivity index (χ1v) is 10.1. The number of carbonyl (C=O) groups excluding carboxylic acids is 2. The molecule has 4 rings (SSSR count). The number of ether oxygens (including phenoxy) is 1. The van der Waals surface area contributed by atoms with Crippen molar-refractivity contribution in [3.05, 3.63) is 75.8 Å². The molecule has 2 heterocycles. The molecule has 0 saturated carbocycles. The van der Waals surface area contributed by atoms with Gasteiger partial charge in [0.25, 0.3) is 17.4 Å². The predicted molar refractivity (Wildman–Crippen MR) is 117 cm³/mol. The van der Waals surface area contributed by atoms with Crippen LogP contribution in [0.1, 0.15) is 35.1 Å². The topological polar surface area (TPSA) is 102 Å². The zero-order valence-corrected chi connectivity index (χ0v) is 17.1. The third-order valence-corrected chi connectivity index (χ3v) is 5.01. The number of rotatable bonds is 5. The van der Waals surface area contributed by atoms with Gasteiger partial charge in [-0.25, -0.2) is 4.98 Å². The van der Waals surface area contributed by atoms with E-state index in [1.807, 2.05) is 31.2 Å². The average Bonchev–Trinajstić information content (AvgIpc) is 3.25. The van der Waals surface area contributed by atoms with Crippen molar-refractivity contribution in [2.45, 2.75) is 26.3 Å². The molecule has 8 heteroatoms. The van der Waals surface area contributed by atoms with Gasteiger partial charge in [-0.15, -0.1) is 0 Å². The summed E-state index contributed by atoms with van der Waals surface area (Å²) >= 11 is 0. The van der Waals surface area contributed by atoms with E-state index in [-0.39, 0.29) is 5.56 Å². The van der Waals surface area contributed by atoms with Crippen molar-refractivity contribution in [3.63, 3.8) is 0 Å². The van der Waals surface area contributed by atoms with Crippen LogP contribution in [0.5, 0.6) is 5.75 Å². The van der Waals surface area contributed by atoms with Crippen molar-refractivity contribution in [3.8, 4) is 5.75 Å². The molecule has 2 N–H and O–H groups in total. The van der Waals surface area contributed by atoms with Crippen LogP contribution in [0.4, 0.5) is 0 Å². The van der Waals surface area contributed by atoms with Crippen molar-refractivity contribution in [2.75, 3.05) is 6.61 Å². The summed E-state index contributed by atoms with van der Waals surface area (Å²) in [6.45, 7) is 3.08. The van der Waals surface area contributed by atoms with Crippen LogP contribution in [0.15, 0.2) is 53.3 Å². The van der Waals surface area contributed by atoms with Crippen LogP contribution in [0, 0.1) is 0 Å². The Morgan fingerprint density at radius 1 is 1.19 bits per heavy atom. The van der Waals surface area contributed by atoms with Gasteiger partial charge >= 0.3 is 0 Å². The Kier molecular flexibility index (Phi) is 5.79. The molecule has 0 saturated heterocycles. The molecule has 0 atom stereocenters. The number of amides is 2. The smallest absolute Gasteiger partial charge is 0.269 e. The highest BCUT2D eigenvalue weighted by molar-refractivity contribution is 6.00. The fourth-order valence-electron chi connectivity index (χ4n) is 3.53. The minimum absolute atomic E-state index is 0.0877. The molecule has 1 aliphatic rings. The van der Waals surface area contributed by atoms with Gasteiger partial charge in [0.2, 0.25) is 0 Å². The molecule has 0 unspecified atom stereocenters. The molecular weight excluding hydrogens is 396 g/mol. The minimum Gasteiger partial charge on any atom is -0.493 e. The molecule has 3 aromatic rings. The Labute approximate surface area is 178 Å². The van der Waals surface area contributed by atoms with Crippen molar-refractivity contribution < 1.29 is 14.3 Å². The van der Waals surface area contributed by atoms with Crippen LogP contribution < -0.4 is 21.1 Å². The van der Waals surface area contributed by atoms with E-state index in [0.29, 0.717) is 35.4 Å². The maximum absolute atomic E-state index is 12.5. The number of hydrogen-bond donors (Lipinski definition) is 2. The van der Waals surface area contributed by atoms with E-state index in [4.69, 9.17) is 4.74 Å². The third kappa shape index (κ3) is 4.32. The van der Waals surface area contributed by atoms with E-state index in [9.17, 15) is 14.4 Å². The summed E-state index contributed by atoms with van der Waals surface area (Å²) in [4.78, 5) is 41.6. The van der Waals surface area contributed by atoms with Crippen LogP contribution in [0.3, 0.4) is 0 Å². The van der Waals surface area contributed by atoms with Crippen LogP contribution in [0.25, 0.3) is 17.0 Å². The van der Waals surface area contributed by atoms with E-state index in [1.165, 1.54) is 6.08 Å². The quantitative estimate of drug-likeness (QED) is 0.489. The Balaban J connectivity index is 1.43. The molecule has 2 amide bonds. The second-order valence-corrected chi connectivity index (χ2v) is 7.07. The maximum atomic E-state index is 12.5. The standard InChI is InChI=1S/C23H22N4O4/c1-2-31-19-7-4-3-6-15(19)10-12-21(28)25-26-22(29)16-9-11-17-18(14-16)24-20-8-5-13-27(20)23(17)30/h3-4,6-7,9-12,14H,2,5,8,13H2,1H3,(H,25,28)(H,26,29)/b12-10+. The number of benzene rings is 2. The molecule has 0 radical (unpaired) electrons. The van der Waals surface area contributed by atoms with Gasteiger partial charge in [0.15, 0.2) is 0 Å². The molecule has 1 aliphatic heterocycles. The van der Waals surface area contributed by atoms with Gasteiger partial charge in [0.1, 0.15) is 11.6 Å². The number of carbonyl (C=O) groups is 2. The van der Waals surface area contributed by atoms with E-state index < -0.39 is 11.8 Å². The van der Waals surface area contributed by atoms with Gasteiger partial charge < -0.3 is 4.74 Å². The Morgan fingerprint density at radius 2 is 2.03 bits per heavy atom. The minimum atomic E-state index is -0.499. The monoisotopic (exact) mass is 418 g/mol. The summed E-state index contributed by atoms with van der Waals surface area (Å²) in [7, 11) is 0. The van der Waals surface area contributed by atoms with Gasteiger partial charge in [0.05, 0.1) is 17.5 Å². The summed E-state index contributed by atoms with van der Waals surface area (Å²) in [5.41, 5.74) is 6.17. The molecular formula is C23H22N4O4. The van der Waals surface area contributed by atoms with E-state index in [2.05, 4.69) is 15.8 Å². The highest BCUT2D eigenvalue weighted by Crippen LogP contribution is 2.19. The first kappa shape index (κ1) is 20.3. The largest absolute Gasteiger partial charge is 0.493 e. The van der Waals surface area contributed by atoms with Crippen molar-refractivity contribution in [1.82, 2.24) is 20.4 Å². The highest BCUT2D eigenvalue weighted by Gasteiger charge is 2.17. The number of hydrogen-bond acceptors (Lipinski definition) is 5. The summed E-state index contributed by atoms with van der Waals surface area (Å²) in [5.74, 6) is 0.417. The number of aromatic nitrogens is 2. The van der Waals surface area contributed by atoms with Gasteiger partial charge in [-0.3, -0.25) is 29.8 Å². The van der Waals surface area contributed by atoms with E-state index in [0.717, 1.165) is 24.2 Å². The number of nitrogens with one attached hydrogen (secondary N) is 2. The van der Waals surface area contributed by atoms with Crippen LogP contribution >= 0.6 is 0 Å². The molecule has 8 nitrogen and oxygen atoms in total. The normalized spacial score (nSPS) is 12.7. The Hall–Kier alpha value is -3.94. The summed E-state index contributed by atoms with van der Waals surface area (Å²) in [6, 6.07) is 12.0. The SMILES string of the molecule is CCOc1ccccc1/C=C/C(=O)NNC(=O)c1ccc2c(=O)n3c(nc2c1)CCC3. The fourth-order valence-corrected chi connectivity index (χ4v) is 3.53. The zero-order valence-electron chi connectivity index (χ0n) is 17.1. The van der Waals surface area contributed by atoms with Gasteiger partial charge in [-0.1, -0.05) is 18.2 Å². The lowest BCUT2D eigenvalue weighted by atomic mass is 10.1. The van der Waals surface area contributed by atoms with Crippen LogP contribution in [-0.4, -0.2) is 28.0 Å². The molecule has 0 spiro atoms. The summed E-state index contributed by atoms with van der Waals surface area (Å²) < 4.78 is 7.19. The van der Waals surface area contributed by atoms with Crippen LogP contribution in [-0.2, 0) is 17.8 Å². The third-order valence-electron chi connectivity index (χ3n) is 5.01. The van der Waals surface area contributed by atoms with Crippen molar-refractivity contribution in [1.29, 1.82) is 0 Å². The Bertz CT molecular complexity index is 1250. The van der Waals surface area contributed by atoms with Gasteiger partial charge in [-0.2, -0.15) is 0 Å². The lowest BCUT2D eigenvalue weighted by molar-refractivity contribution is -0.117. The molecule has 158 valence electrons. The maximum Gasteiger partial charge on any atom is 0.269 e. The molecule has 2 aromatic carbocycles. The molecule has 0 aliphatic carbocycles. The van der Waals surface area contributed by atoms with E-state index in [1.54, 1.807) is 28.8 Å². The van der Waals surface area contributed by atoms with Crippen LogP contribution in [0.2, 0.25) is 0 Å². The first-order valence-electron chi connectivity index (χ1n) is 10.1.